The van der Waals surface area contributed by atoms with Crippen LogP contribution in [0.25, 0.3) is 5.76 Å². The fourth-order valence-corrected chi connectivity index (χ4v) is 4.05. The number of hydrogen-bond donors (Lipinski definition) is 1. The summed E-state index contributed by atoms with van der Waals surface area (Å²) in [4.78, 5) is 29.8. The van der Waals surface area contributed by atoms with Crippen LogP contribution in [0.1, 0.15) is 37.9 Å². The van der Waals surface area contributed by atoms with E-state index in [9.17, 15) is 14.7 Å². The Kier molecular flexibility index (Phi) is 7.94. The first-order chi connectivity index (χ1) is 15.4. The average molecular weight is 457 g/mol. The van der Waals surface area contributed by atoms with Crippen LogP contribution in [0.2, 0.25) is 5.02 Å². The number of halogens is 1. The molecule has 1 amide bonds. The Hall–Kier alpha value is -2.83. The van der Waals surface area contributed by atoms with E-state index < -0.39 is 17.7 Å². The number of aliphatic hydroxyl groups excluding tert-OH is 1. The van der Waals surface area contributed by atoms with Gasteiger partial charge in [-0.15, -0.1) is 0 Å². The van der Waals surface area contributed by atoms with E-state index in [4.69, 9.17) is 16.3 Å². The number of Topliss-reactive ketones (excluding diaryl/α,β-unsaturated/α-hetero) is 1. The van der Waals surface area contributed by atoms with Crippen molar-refractivity contribution in [3.63, 3.8) is 0 Å². The van der Waals surface area contributed by atoms with Crippen LogP contribution in [0, 0.1) is 0 Å². The van der Waals surface area contributed by atoms with Crippen LogP contribution < -0.4 is 4.74 Å². The third kappa shape index (κ3) is 4.97. The number of ketones is 1. The maximum Gasteiger partial charge on any atom is 0.295 e. The maximum atomic E-state index is 13.1. The van der Waals surface area contributed by atoms with Crippen molar-refractivity contribution in [3.8, 4) is 5.75 Å². The molecule has 170 valence electrons. The highest BCUT2D eigenvalue weighted by molar-refractivity contribution is 6.46. The number of amides is 1. The Morgan fingerprint density at radius 1 is 1.03 bits per heavy atom. The molecule has 1 atom stereocenters. The van der Waals surface area contributed by atoms with Crippen molar-refractivity contribution >= 4 is 29.1 Å². The second-order valence-corrected chi connectivity index (χ2v) is 7.96. The quantitative estimate of drug-likeness (QED) is 0.341. The first-order valence-corrected chi connectivity index (χ1v) is 11.3. The van der Waals surface area contributed by atoms with Crippen LogP contribution in [-0.2, 0) is 9.59 Å². The van der Waals surface area contributed by atoms with Gasteiger partial charge in [0.05, 0.1) is 18.2 Å². The van der Waals surface area contributed by atoms with Gasteiger partial charge in [-0.3, -0.25) is 9.59 Å². The summed E-state index contributed by atoms with van der Waals surface area (Å²) in [6.45, 7) is 9.26. The summed E-state index contributed by atoms with van der Waals surface area (Å²) < 4.78 is 5.53. The molecule has 1 aliphatic rings. The van der Waals surface area contributed by atoms with Gasteiger partial charge in [0.1, 0.15) is 11.5 Å². The smallest absolute Gasteiger partial charge is 0.295 e. The highest BCUT2D eigenvalue weighted by atomic mass is 35.5. The summed E-state index contributed by atoms with van der Waals surface area (Å²) >= 11 is 5.97. The monoisotopic (exact) mass is 456 g/mol. The Labute approximate surface area is 194 Å². The van der Waals surface area contributed by atoms with Crippen LogP contribution in [-0.4, -0.2) is 59.4 Å². The Morgan fingerprint density at radius 2 is 1.66 bits per heavy atom. The van der Waals surface area contributed by atoms with E-state index in [2.05, 4.69) is 18.7 Å². The second kappa shape index (κ2) is 10.7. The molecule has 2 aromatic rings. The molecule has 0 aliphatic carbocycles. The zero-order chi connectivity index (χ0) is 23.3. The van der Waals surface area contributed by atoms with Gasteiger partial charge in [-0.1, -0.05) is 37.6 Å². The molecule has 0 unspecified atom stereocenters. The fraction of sp³-hybridized carbons (Fsp3) is 0.360. The van der Waals surface area contributed by atoms with Crippen molar-refractivity contribution in [2.24, 2.45) is 0 Å². The van der Waals surface area contributed by atoms with E-state index >= 15 is 0 Å². The minimum atomic E-state index is -0.684. The molecule has 32 heavy (non-hydrogen) atoms. The van der Waals surface area contributed by atoms with E-state index in [1.165, 1.54) is 0 Å². The molecular weight excluding hydrogens is 428 g/mol. The second-order valence-electron chi connectivity index (χ2n) is 7.53. The number of carbonyl (C=O) groups excluding carboxylic acids is 2. The summed E-state index contributed by atoms with van der Waals surface area (Å²) in [6, 6.07) is 13.2. The molecule has 1 heterocycles. The number of nitrogens with zero attached hydrogens (tertiary/aromatic N) is 2. The third-order valence-corrected chi connectivity index (χ3v) is 5.97. The SMILES string of the molecule is CCOc1ccc([C@@H]2/C(=C(\O)c3ccc(Cl)cc3)C(=O)C(=O)N2CCN(CC)CC)cc1. The van der Waals surface area contributed by atoms with Crippen molar-refractivity contribution in [2.45, 2.75) is 26.8 Å². The zero-order valence-electron chi connectivity index (χ0n) is 18.7. The van der Waals surface area contributed by atoms with Crippen molar-refractivity contribution in [3.05, 3.63) is 70.3 Å². The van der Waals surface area contributed by atoms with Crippen LogP contribution in [0.15, 0.2) is 54.1 Å². The summed E-state index contributed by atoms with van der Waals surface area (Å²) in [7, 11) is 0. The van der Waals surface area contributed by atoms with Gasteiger partial charge >= 0.3 is 0 Å². The standard InChI is InChI=1S/C25H29ClN2O4/c1-4-27(5-2)15-16-28-22(17-9-13-20(14-10-17)32-6-3)21(24(30)25(28)31)23(29)18-7-11-19(26)12-8-18/h7-14,22,29H,4-6,15-16H2,1-3H3/b23-21+/t22-/m1/s1. The van der Waals surface area contributed by atoms with Crippen molar-refractivity contribution in [1.29, 1.82) is 0 Å². The molecule has 0 aromatic heterocycles. The summed E-state index contributed by atoms with van der Waals surface area (Å²) in [5.74, 6) is -0.791. The molecule has 0 spiro atoms. The van der Waals surface area contributed by atoms with Crippen molar-refractivity contribution in [2.75, 3.05) is 32.8 Å². The molecule has 3 rings (SSSR count). The van der Waals surface area contributed by atoms with Gasteiger partial charge in [0.15, 0.2) is 0 Å². The van der Waals surface area contributed by atoms with Crippen LogP contribution in [0.5, 0.6) is 5.75 Å². The van der Waals surface area contributed by atoms with Gasteiger partial charge in [-0.05, 0) is 62.0 Å². The van der Waals surface area contributed by atoms with Gasteiger partial charge in [-0.2, -0.15) is 0 Å². The number of carbonyl (C=O) groups is 2. The maximum absolute atomic E-state index is 13.1. The predicted molar refractivity (Wildman–Crippen MR) is 126 cm³/mol. The molecule has 0 bridgehead atoms. The van der Waals surface area contributed by atoms with E-state index in [1.807, 2.05) is 31.2 Å². The highest BCUT2D eigenvalue weighted by Gasteiger charge is 2.45. The molecule has 1 saturated heterocycles. The minimum Gasteiger partial charge on any atom is -0.507 e. The van der Waals surface area contributed by atoms with Crippen LogP contribution >= 0.6 is 11.6 Å². The normalized spacial score (nSPS) is 17.9. The van der Waals surface area contributed by atoms with Gasteiger partial charge in [-0.25, -0.2) is 0 Å². The lowest BCUT2D eigenvalue weighted by Gasteiger charge is -2.28. The van der Waals surface area contributed by atoms with E-state index in [0.717, 1.165) is 18.7 Å². The Morgan fingerprint density at radius 3 is 2.22 bits per heavy atom. The average Bonchev–Trinajstić information content (AvgIpc) is 3.05. The lowest BCUT2D eigenvalue weighted by molar-refractivity contribution is -0.140. The first-order valence-electron chi connectivity index (χ1n) is 10.9. The molecule has 2 aromatic carbocycles. The minimum absolute atomic E-state index is 0.0843. The van der Waals surface area contributed by atoms with Gasteiger partial charge in [0.2, 0.25) is 0 Å². The summed E-state index contributed by atoms with van der Waals surface area (Å²) in [5.41, 5.74) is 1.26. The number of rotatable bonds is 9. The first kappa shape index (κ1) is 23.8. The van der Waals surface area contributed by atoms with Gasteiger partial charge in [0.25, 0.3) is 11.7 Å². The third-order valence-electron chi connectivity index (χ3n) is 5.72. The highest BCUT2D eigenvalue weighted by Crippen LogP contribution is 2.39. The lowest BCUT2D eigenvalue weighted by atomic mass is 9.95. The summed E-state index contributed by atoms with van der Waals surface area (Å²) in [6.07, 6.45) is 0. The van der Waals surface area contributed by atoms with E-state index in [1.54, 1.807) is 29.2 Å². The number of ether oxygens (including phenoxy) is 1. The predicted octanol–water partition coefficient (Wildman–Crippen LogP) is 4.50. The van der Waals surface area contributed by atoms with Gasteiger partial charge < -0.3 is 19.6 Å². The van der Waals surface area contributed by atoms with E-state index in [0.29, 0.717) is 36.0 Å². The molecule has 1 aliphatic heterocycles. The number of likely N-dealkylation sites (tertiary alicyclic amines) is 1. The van der Waals surface area contributed by atoms with Crippen molar-refractivity contribution in [1.82, 2.24) is 9.80 Å². The van der Waals surface area contributed by atoms with Crippen LogP contribution in [0.4, 0.5) is 0 Å². The summed E-state index contributed by atoms with van der Waals surface area (Å²) in [5, 5.41) is 11.6. The number of benzene rings is 2. The molecule has 1 N–H and O–H groups in total. The largest absolute Gasteiger partial charge is 0.507 e. The molecule has 1 fully saturated rings. The topological polar surface area (TPSA) is 70.1 Å². The number of likely N-dealkylation sites (N-methyl/N-ethyl adjacent to an activating group) is 1. The molecule has 6 nitrogen and oxygen atoms in total. The van der Waals surface area contributed by atoms with Gasteiger partial charge in [0, 0.05) is 23.7 Å². The molecule has 7 heteroatoms. The molecular formula is C25H29ClN2O4. The Balaban J connectivity index is 2.06. The fourth-order valence-electron chi connectivity index (χ4n) is 3.92. The zero-order valence-corrected chi connectivity index (χ0v) is 19.4. The van der Waals surface area contributed by atoms with Crippen LogP contribution in [0.3, 0.4) is 0 Å². The van der Waals surface area contributed by atoms with Crippen molar-refractivity contribution < 1.29 is 19.4 Å². The number of hydrogen-bond acceptors (Lipinski definition) is 5. The molecule has 0 radical (unpaired) electrons. The molecule has 0 saturated carbocycles. The lowest BCUT2D eigenvalue weighted by Crippen LogP contribution is -2.38. The van der Waals surface area contributed by atoms with E-state index in [-0.39, 0.29) is 11.3 Å². The number of aliphatic hydroxyl groups is 1. The Bertz CT molecular complexity index is 982.